The van der Waals surface area contributed by atoms with Gasteiger partial charge in [0.1, 0.15) is 0 Å². The van der Waals surface area contributed by atoms with E-state index in [1.54, 1.807) is 5.19 Å². The fraction of sp³-hybridized carbons (Fsp3) is 0.714. The Bertz CT molecular complexity index is 515. The van der Waals surface area contributed by atoms with Crippen LogP contribution in [0.2, 0.25) is 0 Å². The number of rotatable bonds is 3. The molecule has 22 heavy (non-hydrogen) atoms. The lowest BCUT2D eigenvalue weighted by Crippen LogP contribution is -2.20. The van der Waals surface area contributed by atoms with Crippen molar-refractivity contribution in [3.8, 4) is 0 Å². The van der Waals surface area contributed by atoms with Gasteiger partial charge in [-0.25, -0.2) is 0 Å². The SMILES string of the molecule is [SiH3]c1ccc(C2CCCC2)c(C2CCCC2)c1C1CCCC1. The van der Waals surface area contributed by atoms with Crippen molar-refractivity contribution in [2.24, 2.45) is 0 Å². The highest BCUT2D eigenvalue weighted by atomic mass is 28.1. The second-order valence-electron chi connectivity index (χ2n) is 8.24. The molecule has 1 aromatic carbocycles. The van der Waals surface area contributed by atoms with Gasteiger partial charge in [-0.3, -0.25) is 0 Å². The maximum Gasteiger partial charge on any atom is 0.0388 e. The summed E-state index contributed by atoms with van der Waals surface area (Å²) < 4.78 is 0. The first-order valence-electron chi connectivity index (χ1n) is 9.98. The largest absolute Gasteiger partial charge is 0.0671 e. The fourth-order valence-corrected chi connectivity index (χ4v) is 6.63. The van der Waals surface area contributed by atoms with E-state index in [9.17, 15) is 0 Å². The summed E-state index contributed by atoms with van der Waals surface area (Å²) in [6, 6.07) is 5.11. The van der Waals surface area contributed by atoms with Crippen molar-refractivity contribution in [3.63, 3.8) is 0 Å². The average Bonchev–Trinajstić information content (AvgIpc) is 3.28. The lowest BCUT2D eigenvalue weighted by molar-refractivity contribution is 0.634. The topological polar surface area (TPSA) is 0 Å². The maximum atomic E-state index is 2.57. The Hall–Kier alpha value is -0.563. The predicted octanol–water partition coefficient (Wildman–Crippen LogP) is 4.65. The van der Waals surface area contributed by atoms with Crippen LogP contribution in [0.1, 0.15) is 111 Å². The van der Waals surface area contributed by atoms with Crippen LogP contribution in [0.25, 0.3) is 0 Å². The molecule has 3 fully saturated rings. The van der Waals surface area contributed by atoms with Crippen LogP contribution in [0.5, 0.6) is 0 Å². The molecule has 0 N–H and O–H groups in total. The molecule has 0 radical (unpaired) electrons. The Morgan fingerprint density at radius 1 is 0.591 bits per heavy atom. The minimum Gasteiger partial charge on any atom is -0.0671 e. The first kappa shape index (κ1) is 15.0. The first-order chi connectivity index (χ1) is 10.8. The third kappa shape index (κ3) is 2.70. The van der Waals surface area contributed by atoms with E-state index in [2.05, 4.69) is 12.1 Å². The van der Waals surface area contributed by atoms with Gasteiger partial charge in [0.15, 0.2) is 0 Å². The maximum absolute atomic E-state index is 2.57. The van der Waals surface area contributed by atoms with Gasteiger partial charge in [0.05, 0.1) is 0 Å². The molecule has 3 saturated carbocycles. The molecule has 0 bridgehead atoms. The summed E-state index contributed by atoms with van der Waals surface area (Å²) in [5, 5.41) is 1.75. The summed E-state index contributed by atoms with van der Waals surface area (Å²) in [5.74, 6) is 2.74. The van der Waals surface area contributed by atoms with Gasteiger partial charge in [0, 0.05) is 10.2 Å². The Morgan fingerprint density at radius 2 is 1.05 bits per heavy atom. The Kier molecular flexibility index (Phi) is 4.44. The van der Waals surface area contributed by atoms with Gasteiger partial charge in [0.2, 0.25) is 0 Å². The standard InChI is InChI=1S/C21H32Si/c22-19-14-13-18(15-7-1-2-8-15)20(16-9-3-4-10-16)21(19)17-11-5-6-12-17/h13-17H,1-12H2,22H3. The van der Waals surface area contributed by atoms with E-state index in [1.807, 2.05) is 16.7 Å². The first-order valence-corrected chi connectivity index (χ1v) is 11.0. The van der Waals surface area contributed by atoms with Crippen molar-refractivity contribution in [3.05, 3.63) is 28.8 Å². The third-order valence-electron chi connectivity index (χ3n) is 6.86. The summed E-state index contributed by atoms with van der Waals surface area (Å²) in [7, 11) is 1.24. The Morgan fingerprint density at radius 3 is 1.59 bits per heavy atom. The molecule has 0 atom stereocenters. The molecule has 0 heterocycles. The molecule has 1 aromatic rings. The lowest BCUT2D eigenvalue weighted by atomic mass is 9.79. The van der Waals surface area contributed by atoms with Gasteiger partial charge in [0.25, 0.3) is 0 Å². The minimum atomic E-state index is 0.901. The molecule has 0 saturated heterocycles. The molecule has 4 rings (SSSR count). The van der Waals surface area contributed by atoms with Crippen LogP contribution in [0, 0.1) is 0 Å². The molecule has 0 spiro atoms. The normalized spacial score (nSPS) is 24.7. The summed E-state index contributed by atoms with van der Waals surface area (Å²) in [5.41, 5.74) is 5.61. The van der Waals surface area contributed by atoms with E-state index in [0.29, 0.717) is 0 Å². The molecule has 0 unspecified atom stereocenters. The highest BCUT2D eigenvalue weighted by Gasteiger charge is 2.31. The van der Waals surface area contributed by atoms with Crippen LogP contribution < -0.4 is 5.19 Å². The van der Waals surface area contributed by atoms with Gasteiger partial charge in [-0.1, -0.05) is 55.8 Å². The highest BCUT2D eigenvalue weighted by Crippen LogP contribution is 2.47. The van der Waals surface area contributed by atoms with E-state index >= 15 is 0 Å². The van der Waals surface area contributed by atoms with Crippen molar-refractivity contribution in [1.82, 2.24) is 0 Å². The fourth-order valence-electron chi connectivity index (χ4n) is 5.78. The van der Waals surface area contributed by atoms with Gasteiger partial charge >= 0.3 is 0 Å². The zero-order chi connectivity index (χ0) is 14.9. The molecule has 1 heteroatoms. The second-order valence-corrected chi connectivity index (χ2v) is 9.32. The molecular weight excluding hydrogens is 280 g/mol. The third-order valence-corrected chi connectivity index (χ3v) is 7.73. The summed E-state index contributed by atoms with van der Waals surface area (Å²) in [4.78, 5) is 0. The monoisotopic (exact) mass is 312 g/mol. The van der Waals surface area contributed by atoms with E-state index in [1.165, 1.54) is 87.3 Å². The van der Waals surface area contributed by atoms with Crippen LogP contribution >= 0.6 is 0 Å². The lowest BCUT2D eigenvalue weighted by Gasteiger charge is -2.28. The Balaban J connectivity index is 1.81. The number of benzene rings is 1. The van der Waals surface area contributed by atoms with Crippen molar-refractivity contribution >= 4 is 15.4 Å². The molecule has 0 aliphatic heterocycles. The van der Waals surface area contributed by atoms with Crippen LogP contribution in [-0.4, -0.2) is 10.2 Å². The van der Waals surface area contributed by atoms with E-state index in [0.717, 1.165) is 17.8 Å². The average molecular weight is 313 g/mol. The van der Waals surface area contributed by atoms with Crippen LogP contribution in [-0.2, 0) is 0 Å². The summed E-state index contributed by atoms with van der Waals surface area (Å²) in [6.07, 6.45) is 17.7. The smallest absolute Gasteiger partial charge is 0.0388 e. The van der Waals surface area contributed by atoms with Crippen molar-refractivity contribution in [2.45, 2.75) is 94.8 Å². The van der Waals surface area contributed by atoms with Gasteiger partial charge in [-0.15, -0.1) is 0 Å². The zero-order valence-corrected chi connectivity index (χ0v) is 16.4. The van der Waals surface area contributed by atoms with Crippen LogP contribution in [0.4, 0.5) is 0 Å². The molecule has 3 aliphatic rings. The highest BCUT2D eigenvalue weighted by molar-refractivity contribution is 6.33. The van der Waals surface area contributed by atoms with E-state index in [-0.39, 0.29) is 0 Å². The molecule has 3 aliphatic carbocycles. The van der Waals surface area contributed by atoms with E-state index in [4.69, 9.17) is 0 Å². The van der Waals surface area contributed by atoms with E-state index < -0.39 is 0 Å². The summed E-state index contributed by atoms with van der Waals surface area (Å²) >= 11 is 0. The van der Waals surface area contributed by atoms with Crippen molar-refractivity contribution in [1.29, 1.82) is 0 Å². The quantitative estimate of drug-likeness (QED) is 0.713. The van der Waals surface area contributed by atoms with Gasteiger partial charge in [-0.2, -0.15) is 0 Å². The number of hydrogen-bond donors (Lipinski definition) is 0. The molecule has 0 amide bonds. The number of hydrogen-bond acceptors (Lipinski definition) is 0. The molecule has 120 valence electrons. The molecular formula is C21H32Si. The summed E-state index contributed by atoms with van der Waals surface area (Å²) in [6.45, 7) is 0. The second kappa shape index (κ2) is 6.51. The molecule has 0 nitrogen and oxygen atoms in total. The Labute approximate surface area is 139 Å². The minimum absolute atomic E-state index is 0.901. The van der Waals surface area contributed by atoms with Crippen LogP contribution in [0.15, 0.2) is 12.1 Å². The van der Waals surface area contributed by atoms with Gasteiger partial charge in [-0.05, 0) is 73.0 Å². The van der Waals surface area contributed by atoms with Crippen molar-refractivity contribution < 1.29 is 0 Å². The zero-order valence-electron chi connectivity index (χ0n) is 14.4. The molecule has 0 aromatic heterocycles. The van der Waals surface area contributed by atoms with Crippen molar-refractivity contribution in [2.75, 3.05) is 0 Å². The van der Waals surface area contributed by atoms with Gasteiger partial charge < -0.3 is 0 Å². The predicted molar refractivity (Wildman–Crippen MR) is 99.6 cm³/mol. The van der Waals surface area contributed by atoms with Crippen LogP contribution in [0.3, 0.4) is 0 Å².